The minimum atomic E-state index is -2.89. The van der Waals surface area contributed by atoms with Gasteiger partial charge in [-0.15, -0.1) is 0 Å². The number of hydrogen-bond acceptors (Lipinski definition) is 5. The van der Waals surface area contributed by atoms with E-state index in [0.29, 0.717) is 12.2 Å². The number of nitrogen functional groups attached to an aromatic ring is 1. The smallest absolute Gasteiger partial charge is 0.151 e. The first-order valence-corrected chi connectivity index (χ1v) is 8.61. The Bertz CT molecular complexity index is 734. The Labute approximate surface area is 118 Å². The van der Waals surface area contributed by atoms with E-state index in [1.54, 1.807) is 6.20 Å². The number of hydrogen-bond donors (Lipinski definition) is 1. The summed E-state index contributed by atoms with van der Waals surface area (Å²) in [5, 5.41) is 0. The number of imidazole rings is 1. The Balaban J connectivity index is 2.22. The number of fused-ring (bicyclic) bond motifs is 1. The van der Waals surface area contributed by atoms with Gasteiger partial charge in [0.05, 0.1) is 5.52 Å². The van der Waals surface area contributed by atoms with Crippen molar-refractivity contribution in [3.05, 3.63) is 17.6 Å². The fourth-order valence-electron chi connectivity index (χ4n) is 2.34. The maximum absolute atomic E-state index is 11.1. The first kappa shape index (κ1) is 14.8. The van der Waals surface area contributed by atoms with Gasteiger partial charge in [0.2, 0.25) is 0 Å². The van der Waals surface area contributed by atoms with Crippen LogP contribution in [0.25, 0.3) is 11.0 Å². The molecule has 2 heterocycles. The Morgan fingerprint density at radius 3 is 2.65 bits per heavy atom. The molecule has 0 amide bonds. The van der Waals surface area contributed by atoms with Gasteiger partial charge in [-0.1, -0.05) is 0 Å². The lowest BCUT2D eigenvalue weighted by Gasteiger charge is -2.08. The zero-order valence-corrected chi connectivity index (χ0v) is 12.9. The lowest BCUT2D eigenvalue weighted by atomic mass is 10.2. The maximum Gasteiger partial charge on any atom is 0.151 e. The van der Waals surface area contributed by atoms with Crippen LogP contribution in [0, 0.1) is 13.8 Å². The second-order valence-electron chi connectivity index (χ2n) is 5.17. The van der Waals surface area contributed by atoms with E-state index in [2.05, 4.69) is 14.5 Å². The summed E-state index contributed by atoms with van der Waals surface area (Å²) in [6.45, 7) is 4.64. The molecule has 110 valence electrons. The van der Waals surface area contributed by atoms with Crippen molar-refractivity contribution in [1.82, 2.24) is 14.5 Å². The van der Waals surface area contributed by atoms with Crippen molar-refractivity contribution in [2.75, 3.05) is 17.7 Å². The van der Waals surface area contributed by atoms with Crippen LogP contribution in [0.2, 0.25) is 0 Å². The zero-order valence-electron chi connectivity index (χ0n) is 12.0. The molecule has 0 saturated heterocycles. The van der Waals surface area contributed by atoms with Crippen molar-refractivity contribution in [1.29, 1.82) is 0 Å². The number of anilines is 1. The Morgan fingerprint density at radius 2 is 2.00 bits per heavy atom. The predicted molar refractivity (Wildman–Crippen MR) is 80.4 cm³/mol. The molecule has 7 heteroatoms. The lowest BCUT2D eigenvalue weighted by molar-refractivity contribution is 0.588. The van der Waals surface area contributed by atoms with Crippen LogP contribution in [-0.4, -0.2) is 35.0 Å². The highest BCUT2D eigenvalue weighted by Crippen LogP contribution is 2.23. The molecule has 0 bridgehead atoms. The Morgan fingerprint density at radius 1 is 1.30 bits per heavy atom. The van der Waals surface area contributed by atoms with E-state index in [9.17, 15) is 8.42 Å². The van der Waals surface area contributed by atoms with Crippen LogP contribution in [-0.2, 0) is 16.4 Å². The van der Waals surface area contributed by atoms with Gasteiger partial charge in [0.15, 0.2) is 5.82 Å². The van der Waals surface area contributed by atoms with Crippen molar-refractivity contribution < 1.29 is 8.42 Å². The van der Waals surface area contributed by atoms with Gasteiger partial charge in [0.1, 0.15) is 21.2 Å². The lowest BCUT2D eigenvalue weighted by Crippen LogP contribution is -2.06. The summed E-state index contributed by atoms with van der Waals surface area (Å²) in [5.74, 6) is 1.53. The number of pyridine rings is 1. The van der Waals surface area contributed by atoms with Crippen LogP contribution >= 0.6 is 0 Å². The zero-order chi connectivity index (χ0) is 14.9. The highest BCUT2D eigenvalue weighted by atomic mass is 32.2. The van der Waals surface area contributed by atoms with Crippen LogP contribution in [0.4, 0.5) is 5.82 Å². The van der Waals surface area contributed by atoms with Crippen molar-refractivity contribution in [3.63, 3.8) is 0 Å². The minimum Gasteiger partial charge on any atom is -0.382 e. The molecule has 0 aliphatic carbocycles. The van der Waals surface area contributed by atoms with Gasteiger partial charge in [0, 0.05) is 24.8 Å². The number of sulfone groups is 1. The Hall–Kier alpha value is -1.63. The largest absolute Gasteiger partial charge is 0.382 e. The fourth-order valence-corrected chi connectivity index (χ4v) is 3.07. The summed E-state index contributed by atoms with van der Waals surface area (Å²) in [4.78, 5) is 8.57. The second kappa shape index (κ2) is 5.40. The third-order valence-corrected chi connectivity index (χ3v) is 4.35. The summed E-state index contributed by atoms with van der Waals surface area (Å²) in [5.41, 5.74) is 8.60. The maximum atomic E-state index is 11.1. The van der Waals surface area contributed by atoms with Crippen molar-refractivity contribution in [2.45, 2.75) is 33.2 Å². The van der Waals surface area contributed by atoms with Gasteiger partial charge in [-0.25, -0.2) is 18.4 Å². The molecule has 0 aromatic carbocycles. The molecule has 2 aromatic rings. The van der Waals surface area contributed by atoms with Crippen LogP contribution < -0.4 is 5.73 Å². The van der Waals surface area contributed by atoms with Gasteiger partial charge >= 0.3 is 0 Å². The molecule has 0 radical (unpaired) electrons. The summed E-state index contributed by atoms with van der Waals surface area (Å²) in [6.07, 6.45) is 4.45. The topological polar surface area (TPSA) is 90.9 Å². The van der Waals surface area contributed by atoms with E-state index in [0.717, 1.165) is 35.4 Å². The third kappa shape index (κ3) is 3.09. The van der Waals surface area contributed by atoms with Gasteiger partial charge in [0.25, 0.3) is 0 Å². The second-order valence-corrected chi connectivity index (χ2v) is 7.43. The van der Waals surface area contributed by atoms with Crippen LogP contribution in [0.5, 0.6) is 0 Å². The van der Waals surface area contributed by atoms with E-state index in [1.165, 1.54) is 6.26 Å². The molecule has 0 spiro atoms. The first-order chi connectivity index (χ1) is 9.29. The molecule has 2 N–H and O–H groups in total. The monoisotopic (exact) mass is 296 g/mol. The molecule has 0 fully saturated rings. The number of nitrogens with zero attached hydrogens (tertiary/aromatic N) is 3. The van der Waals surface area contributed by atoms with Crippen molar-refractivity contribution >= 4 is 26.7 Å². The van der Waals surface area contributed by atoms with Gasteiger partial charge in [-0.05, 0) is 32.3 Å². The summed E-state index contributed by atoms with van der Waals surface area (Å²) in [6, 6.07) is 0. The van der Waals surface area contributed by atoms with Crippen molar-refractivity contribution in [3.8, 4) is 0 Å². The SMILES string of the molecule is Cc1cnc(N)c2nc(C)n(CCCCS(C)(=O)=O)c12. The standard InChI is InChI=1S/C13H20N4O2S/c1-9-8-15-13(14)11-12(9)17(10(2)16-11)6-4-5-7-20(3,18)19/h8H,4-7H2,1-3H3,(H2,14,15). The Kier molecular flexibility index (Phi) is 3.99. The van der Waals surface area contributed by atoms with E-state index in [-0.39, 0.29) is 5.75 Å². The number of rotatable bonds is 5. The molecule has 6 nitrogen and oxygen atoms in total. The van der Waals surface area contributed by atoms with Crippen LogP contribution in [0.1, 0.15) is 24.2 Å². The van der Waals surface area contributed by atoms with Crippen molar-refractivity contribution in [2.24, 2.45) is 0 Å². The minimum absolute atomic E-state index is 0.224. The molecular formula is C13H20N4O2S. The highest BCUT2D eigenvalue weighted by Gasteiger charge is 2.13. The molecule has 0 aliphatic heterocycles. The number of aromatic nitrogens is 3. The summed E-state index contributed by atoms with van der Waals surface area (Å²) in [7, 11) is -2.89. The number of aryl methyl sites for hydroxylation is 3. The molecular weight excluding hydrogens is 276 g/mol. The van der Waals surface area contributed by atoms with Gasteiger partial charge in [-0.3, -0.25) is 0 Å². The highest BCUT2D eigenvalue weighted by molar-refractivity contribution is 7.90. The van der Waals surface area contributed by atoms with E-state index < -0.39 is 9.84 Å². The molecule has 0 saturated carbocycles. The third-order valence-electron chi connectivity index (χ3n) is 3.32. The molecule has 2 rings (SSSR count). The first-order valence-electron chi connectivity index (χ1n) is 6.55. The van der Waals surface area contributed by atoms with Gasteiger partial charge < -0.3 is 10.3 Å². The molecule has 0 aliphatic rings. The number of nitrogens with two attached hydrogens (primary N) is 1. The number of unbranched alkanes of at least 4 members (excludes halogenated alkanes) is 1. The fraction of sp³-hybridized carbons (Fsp3) is 0.538. The molecule has 0 unspecified atom stereocenters. The van der Waals surface area contributed by atoms with E-state index in [4.69, 9.17) is 5.73 Å². The molecule has 2 aromatic heterocycles. The molecule has 20 heavy (non-hydrogen) atoms. The van der Waals surface area contributed by atoms with Gasteiger partial charge in [-0.2, -0.15) is 0 Å². The molecule has 0 atom stereocenters. The quantitative estimate of drug-likeness (QED) is 0.843. The summed E-state index contributed by atoms with van der Waals surface area (Å²) < 4.78 is 24.3. The van der Waals surface area contributed by atoms with Crippen LogP contribution in [0.3, 0.4) is 0 Å². The van der Waals surface area contributed by atoms with E-state index in [1.807, 2.05) is 13.8 Å². The van der Waals surface area contributed by atoms with Crippen LogP contribution in [0.15, 0.2) is 6.20 Å². The predicted octanol–water partition coefficient (Wildman–Crippen LogP) is 1.46. The average Bonchev–Trinajstić information content (AvgIpc) is 2.67. The average molecular weight is 296 g/mol. The summed E-state index contributed by atoms with van der Waals surface area (Å²) >= 11 is 0. The van der Waals surface area contributed by atoms with E-state index >= 15 is 0 Å². The normalized spacial score (nSPS) is 12.2.